The van der Waals surface area contributed by atoms with Gasteiger partial charge in [-0.1, -0.05) is 0 Å². The first-order valence-electron chi connectivity index (χ1n) is 5.10. The van der Waals surface area contributed by atoms with Crippen LogP contribution in [0.3, 0.4) is 0 Å². The van der Waals surface area contributed by atoms with Crippen molar-refractivity contribution in [1.29, 1.82) is 0 Å². The number of ketones is 1. The van der Waals surface area contributed by atoms with Crippen LogP contribution in [0.25, 0.3) is 0 Å². The Morgan fingerprint density at radius 3 is 2.36 bits per heavy atom. The van der Waals surface area contributed by atoms with Gasteiger partial charge in [-0.2, -0.15) is 0 Å². The van der Waals surface area contributed by atoms with Gasteiger partial charge in [0.25, 0.3) is 0 Å². The Morgan fingerprint density at radius 2 is 1.93 bits per heavy atom. The van der Waals surface area contributed by atoms with Gasteiger partial charge < -0.3 is 10.6 Å². The molecule has 0 atom stereocenters. The van der Waals surface area contributed by atoms with Crippen LogP contribution >= 0.6 is 0 Å². The topological polar surface area (TPSA) is 63.4 Å². The number of nitrogens with two attached hydrogens (primary N) is 1. The first kappa shape index (κ1) is 11.2. The van der Waals surface area contributed by atoms with Crippen molar-refractivity contribution in [2.24, 2.45) is 11.7 Å². The summed E-state index contributed by atoms with van der Waals surface area (Å²) < 4.78 is 0. The molecular formula is C10H18N2O2. The first-order chi connectivity index (χ1) is 6.59. The molecule has 0 aromatic heterocycles. The summed E-state index contributed by atoms with van der Waals surface area (Å²) in [6, 6.07) is 0. The Balaban J connectivity index is 2.22. The number of piperidine rings is 1. The van der Waals surface area contributed by atoms with Crippen LogP contribution in [0.15, 0.2) is 0 Å². The van der Waals surface area contributed by atoms with E-state index in [-0.39, 0.29) is 11.8 Å². The summed E-state index contributed by atoms with van der Waals surface area (Å²) in [5.74, 6) is 0.276. The zero-order chi connectivity index (χ0) is 10.6. The summed E-state index contributed by atoms with van der Waals surface area (Å²) in [6.45, 7) is 4.22. The maximum atomic E-state index is 11.1. The van der Waals surface area contributed by atoms with Gasteiger partial charge in [0.2, 0.25) is 5.91 Å². The van der Waals surface area contributed by atoms with E-state index in [0.717, 1.165) is 32.5 Å². The van der Waals surface area contributed by atoms with E-state index in [2.05, 4.69) is 4.90 Å². The smallest absolute Gasteiger partial charge is 0.218 e. The van der Waals surface area contributed by atoms with Gasteiger partial charge >= 0.3 is 0 Å². The van der Waals surface area contributed by atoms with E-state index in [1.165, 1.54) is 0 Å². The standard InChI is InChI=1S/C10H18N2O2/c1-8(13)9-2-5-12(6-3-9)7-4-10(11)14/h9H,2-7H2,1H3,(H2,11,14). The minimum Gasteiger partial charge on any atom is -0.370 e. The third-order valence-corrected chi connectivity index (χ3v) is 2.84. The van der Waals surface area contributed by atoms with Crippen molar-refractivity contribution < 1.29 is 9.59 Å². The molecule has 0 saturated carbocycles. The second-order valence-electron chi connectivity index (χ2n) is 3.94. The lowest BCUT2D eigenvalue weighted by Gasteiger charge is -2.30. The van der Waals surface area contributed by atoms with Crippen molar-refractivity contribution in [3.05, 3.63) is 0 Å². The van der Waals surface area contributed by atoms with E-state index < -0.39 is 0 Å². The van der Waals surface area contributed by atoms with E-state index in [0.29, 0.717) is 12.2 Å². The largest absolute Gasteiger partial charge is 0.370 e. The predicted molar refractivity (Wildman–Crippen MR) is 53.7 cm³/mol. The average molecular weight is 198 g/mol. The number of likely N-dealkylation sites (tertiary alicyclic amines) is 1. The summed E-state index contributed by atoms with van der Waals surface area (Å²) in [5.41, 5.74) is 5.07. The van der Waals surface area contributed by atoms with Gasteiger partial charge in [-0.3, -0.25) is 9.59 Å². The van der Waals surface area contributed by atoms with E-state index >= 15 is 0 Å². The monoisotopic (exact) mass is 198 g/mol. The van der Waals surface area contributed by atoms with Crippen LogP contribution in [-0.4, -0.2) is 36.2 Å². The molecule has 4 heteroatoms. The zero-order valence-electron chi connectivity index (χ0n) is 8.66. The molecule has 0 aliphatic carbocycles. The van der Waals surface area contributed by atoms with E-state index in [4.69, 9.17) is 5.73 Å². The Hall–Kier alpha value is -0.900. The molecule has 4 nitrogen and oxygen atoms in total. The number of rotatable bonds is 4. The maximum absolute atomic E-state index is 11.1. The zero-order valence-corrected chi connectivity index (χ0v) is 8.66. The Bertz CT molecular complexity index is 220. The Morgan fingerprint density at radius 1 is 1.36 bits per heavy atom. The molecule has 1 heterocycles. The molecule has 14 heavy (non-hydrogen) atoms. The van der Waals surface area contributed by atoms with Crippen molar-refractivity contribution in [2.75, 3.05) is 19.6 Å². The van der Waals surface area contributed by atoms with Crippen molar-refractivity contribution in [1.82, 2.24) is 4.90 Å². The molecule has 2 N–H and O–H groups in total. The molecule has 80 valence electrons. The fraction of sp³-hybridized carbons (Fsp3) is 0.800. The van der Waals surface area contributed by atoms with Gasteiger partial charge in [0.1, 0.15) is 5.78 Å². The lowest BCUT2D eigenvalue weighted by molar-refractivity contribution is -0.122. The van der Waals surface area contributed by atoms with Crippen LogP contribution < -0.4 is 5.73 Å². The van der Waals surface area contributed by atoms with E-state index in [1.54, 1.807) is 6.92 Å². The molecule has 1 aliphatic rings. The third kappa shape index (κ3) is 3.46. The molecule has 0 unspecified atom stereocenters. The van der Waals surface area contributed by atoms with Gasteiger partial charge in [0.05, 0.1) is 0 Å². The third-order valence-electron chi connectivity index (χ3n) is 2.84. The summed E-state index contributed by atoms with van der Waals surface area (Å²) in [6.07, 6.45) is 2.27. The van der Waals surface area contributed by atoms with Crippen LogP contribution in [0, 0.1) is 5.92 Å². The molecule has 0 aromatic rings. The molecule has 1 aliphatic heterocycles. The van der Waals surface area contributed by atoms with Crippen LogP contribution in [-0.2, 0) is 9.59 Å². The average Bonchev–Trinajstić information content (AvgIpc) is 2.15. The minimum atomic E-state index is -0.251. The number of primary amides is 1. The molecule has 1 amide bonds. The second kappa shape index (κ2) is 5.10. The summed E-state index contributed by atoms with van der Waals surface area (Å²) in [4.78, 5) is 23.8. The van der Waals surface area contributed by atoms with Crippen molar-refractivity contribution in [2.45, 2.75) is 26.2 Å². The molecule has 0 radical (unpaired) electrons. The van der Waals surface area contributed by atoms with E-state index in [9.17, 15) is 9.59 Å². The minimum absolute atomic E-state index is 0.236. The molecule has 0 spiro atoms. The highest BCUT2D eigenvalue weighted by molar-refractivity contribution is 5.78. The number of amides is 1. The van der Waals surface area contributed by atoms with Gasteiger partial charge in [0, 0.05) is 18.9 Å². The molecule has 0 aromatic carbocycles. The molecule has 0 bridgehead atoms. The highest BCUT2D eigenvalue weighted by Gasteiger charge is 2.21. The predicted octanol–water partition coefficient (Wildman–Crippen LogP) is 0.163. The van der Waals surface area contributed by atoms with Crippen LogP contribution in [0.5, 0.6) is 0 Å². The lowest BCUT2D eigenvalue weighted by Crippen LogP contribution is -2.37. The van der Waals surface area contributed by atoms with Crippen LogP contribution in [0.1, 0.15) is 26.2 Å². The molecule has 1 saturated heterocycles. The summed E-state index contributed by atoms with van der Waals surface area (Å²) in [5, 5.41) is 0. The number of hydrogen-bond acceptors (Lipinski definition) is 3. The van der Waals surface area contributed by atoms with Crippen LogP contribution in [0.4, 0.5) is 0 Å². The molecule has 1 fully saturated rings. The Kier molecular flexibility index (Phi) is 4.07. The van der Waals surface area contributed by atoms with Crippen molar-refractivity contribution in [3.8, 4) is 0 Å². The number of nitrogens with zero attached hydrogens (tertiary/aromatic N) is 1. The SMILES string of the molecule is CC(=O)C1CCN(CCC(N)=O)CC1. The molecule has 1 rings (SSSR count). The number of carbonyl (C=O) groups is 2. The number of Topliss-reactive ketones (excluding diaryl/α,β-unsaturated/α-hetero) is 1. The second-order valence-corrected chi connectivity index (χ2v) is 3.94. The van der Waals surface area contributed by atoms with Crippen molar-refractivity contribution in [3.63, 3.8) is 0 Å². The van der Waals surface area contributed by atoms with Gasteiger partial charge in [-0.15, -0.1) is 0 Å². The molecular weight excluding hydrogens is 180 g/mol. The highest BCUT2D eigenvalue weighted by atomic mass is 16.1. The van der Waals surface area contributed by atoms with Gasteiger partial charge in [0.15, 0.2) is 0 Å². The normalized spacial score (nSPS) is 19.5. The van der Waals surface area contributed by atoms with E-state index in [1.807, 2.05) is 0 Å². The summed E-state index contributed by atoms with van der Waals surface area (Å²) in [7, 11) is 0. The van der Waals surface area contributed by atoms with Gasteiger partial charge in [-0.05, 0) is 32.9 Å². The highest BCUT2D eigenvalue weighted by Crippen LogP contribution is 2.17. The lowest BCUT2D eigenvalue weighted by atomic mass is 9.93. The number of hydrogen-bond donors (Lipinski definition) is 1. The summed E-state index contributed by atoms with van der Waals surface area (Å²) >= 11 is 0. The maximum Gasteiger partial charge on any atom is 0.218 e. The first-order valence-corrected chi connectivity index (χ1v) is 5.10. The van der Waals surface area contributed by atoms with Crippen LogP contribution in [0.2, 0.25) is 0 Å². The Labute approximate surface area is 84.4 Å². The fourth-order valence-electron chi connectivity index (χ4n) is 1.83. The fourth-order valence-corrected chi connectivity index (χ4v) is 1.83. The number of carbonyl (C=O) groups excluding carboxylic acids is 2. The van der Waals surface area contributed by atoms with Gasteiger partial charge in [-0.25, -0.2) is 0 Å². The quantitative estimate of drug-likeness (QED) is 0.700. The van der Waals surface area contributed by atoms with Crippen molar-refractivity contribution >= 4 is 11.7 Å².